The summed E-state index contributed by atoms with van der Waals surface area (Å²) in [5.74, 6) is 0. The van der Waals surface area contributed by atoms with Crippen LogP contribution in [0.4, 0.5) is 0 Å². The van der Waals surface area contributed by atoms with Crippen molar-refractivity contribution in [2.75, 3.05) is 0 Å². The van der Waals surface area contributed by atoms with Gasteiger partial charge in [-0.15, -0.1) is 0 Å². The van der Waals surface area contributed by atoms with E-state index in [0.717, 1.165) is 11.4 Å². The van der Waals surface area contributed by atoms with Gasteiger partial charge >= 0.3 is 0 Å². The predicted molar refractivity (Wildman–Crippen MR) is 83.1 cm³/mol. The van der Waals surface area contributed by atoms with Crippen molar-refractivity contribution in [2.45, 2.75) is 53.9 Å². The first-order valence-electron chi connectivity index (χ1n) is 7.02. The lowest BCUT2D eigenvalue weighted by Crippen LogP contribution is -2.12. The summed E-state index contributed by atoms with van der Waals surface area (Å²) in [5.41, 5.74) is 4.81. The van der Waals surface area contributed by atoms with E-state index in [2.05, 4.69) is 65.0 Å². The van der Waals surface area contributed by atoms with E-state index in [4.69, 9.17) is 5.10 Å². The van der Waals surface area contributed by atoms with Gasteiger partial charge in [-0.3, -0.25) is 0 Å². The number of hydrogen-bond donors (Lipinski definition) is 0. The molecule has 2 aromatic rings. The minimum absolute atomic E-state index is 0.0979. The van der Waals surface area contributed by atoms with Crippen molar-refractivity contribution in [3.05, 3.63) is 47.3 Å². The van der Waals surface area contributed by atoms with Gasteiger partial charge < -0.3 is 0 Å². The third kappa shape index (κ3) is 3.69. The molecular weight excluding hydrogens is 232 g/mol. The van der Waals surface area contributed by atoms with Gasteiger partial charge in [0.25, 0.3) is 0 Å². The zero-order valence-corrected chi connectivity index (χ0v) is 13.3. The summed E-state index contributed by atoms with van der Waals surface area (Å²) in [5, 5.41) is 4.70. The molecule has 1 heterocycles. The van der Waals surface area contributed by atoms with Crippen LogP contribution in [0.15, 0.2) is 30.3 Å². The van der Waals surface area contributed by atoms with Crippen LogP contribution in [-0.2, 0) is 5.41 Å². The van der Waals surface area contributed by atoms with Crippen LogP contribution in [0.5, 0.6) is 0 Å². The van der Waals surface area contributed by atoms with Gasteiger partial charge in [-0.25, -0.2) is 4.68 Å². The fourth-order valence-corrected chi connectivity index (χ4v) is 1.79. The van der Waals surface area contributed by atoms with E-state index >= 15 is 0 Å². The van der Waals surface area contributed by atoms with Crippen LogP contribution < -0.4 is 0 Å². The lowest BCUT2D eigenvalue weighted by Gasteiger charge is -2.14. The molecule has 0 bridgehead atoms. The van der Waals surface area contributed by atoms with Crippen molar-refractivity contribution < 1.29 is 0 Å². The highest BCUT2D eigenvalue weighted by molar-refractivity contribution is 5.36. The Morgan fingerprint density at radius 1 is 0.947 bits per heavy atom. The monoisotopic (exact) mass is 258 g/mol. The van der Waals surface area contributed by atoms with Crippen LogP contribution in [0.1, 0.15) is 51.6 Å². The van der Waals surface area contributed by atoms with Gasteiger partial charge in [-0.2, -0.15) is 5.10 Å². The van der Waals surface area contributed by atoms with Crippen molar-refractivity contribution in [3.63, 3.8) is 0 Å². The van der Waals surface area contributed by atoms with Crippen LogP contribution in [0.25, 0.3) is 5.69 Å². The summed E-state index contributed by atoms with van der Waals surface area (Å²) in [4.78, 5) is 0. The van der Waals surface area contributed by atoms with Crippen LogP contribution in [0.2, 0.25) is 0 Å². The Hall–Kier alpha value is -1.57. The number of benzene rings is 1. The fourth-order valence-electron chi connectivity index (χ4n) is 1.79. The largest absolute Gasteiger partial charge is 0.238 e. The molecule has 0 spiro atoms. The summed E-state index contributed by atoms with van der Waals surface area (Å²) in [6.45, 7) is 14.8. The maximum Gasteiger partial charge on any atom is 0.0685 e. The zero-order chi connectivity index (χ0) is 14.6. The number of aromatic nitrogens is 2. The highest BCUT2D eigenvalue weighted by Gasteiger charge is 2.18. The molecule has 0 N–H and O–H groups in total. The predicted octanol–water partition coefficient (Wildman–Crippen LogP) is 4.81. The molecule has 2 rings (SSSR count). The van der Waals surface area contributed by atoms with Crippen LogP contribution in [0, 0.1) is 13.8 Å². The number of rotatable bonds is 1. The molecule has 0 amide bonds. The van der Waals surface area contributed by atoms with E-state index in [-0.39, 0.29) is 5.41 Å². The van der Waals surface area contributed by atoms with Crippen molar-refractivity contribution in [1.82, 2.24) is 9.78 Å². The molecule has 1 aromatic carbocycles. The minimum atomic E-state index is 0.0979. The van der Waals surface area contributed by atoms with Crippen LogP contribution >= 0.6 is 0 Å². The average molecular weight is 258 g/mol. The summed E-state index contributed by atoms with van der Waals surface area (Å²) < 4.78 is 2.01. The average Bonchev–Trinajstić information content (AvgIpc) is 2.75. The lowest BCUT2D eigenvalue weighted by atomic mass is 9.92. The van der Waals surface area contributed by atoms with Crippen molar-refractivity contribution in [2.24, 2.45) is 0 Å². The second-order valence-corrected chi connectivity index (χ2v) is 5.67. The number of hydrogen-bond acceptors (Lipinski definition) is 1. The highest BCUT2D eigenvalue weighted by atomic mass is 15.3. The Bertz CT molecular complexity index is 513. The van der Waals surface area contributed by atoms with Gasteiger partial charge in [-0.05, 0) is 32.0 Å². The molecule has 0 atom stereocenters. The van der Waals surface area contributed by atoms with E-state index in [0.29, 0.717) is 0 Å². The van der Waals surface area contributed by atoms with Gasteiger partial charge in [0.05, 0.1) is 11.4 Å². The van der Waals surface area contributed by atoms with E-state index in [1.807, 2.05) is 18.5 Å². The Balaban J connectivity index is 0.000000861. The second kappa shape index (κ2) is 6.05. The Labute approximate surface area is 117 Å². The second-order valence-electron chi connectivity index (χ2n) is 5.67. The van der Waals surface area contributed by atoms with Gasteiger partial charge in [0, 0.05) is 11.1 Å². The SMILES string of the molecule is CC.Cc1ccc(-n2nc(C(C)(C)C)cc2C)cc1. The first-order chi connectivity index (χ1) is 8.88. The first kappa shape index (κ1) is 15.5. The topological polar surface area (TPSA) is 17.8 Å². The molecule has 0 unspecified atom stereocenters. The maximum atomic E-state index is 4.70. The van der Waals surface area contributed by atoms with Crippen molar-refractivity contribution in [1.29, 1.82) is 0 Å². The minimum Gasteiger partial charge on any atom is -0.238 e. The molecule has 2 heteroatoms. The van der Waals surface area contributed by atoms with E-state index < -0.39 is 0 Å². The molecule has 19 heavy (non-hydrogen) atoms. The van der Waals surface area contributed by atoms with E-state index in [9.17, 15) is 0 Å². The van der Waals surface area contributed by atoms with Gasteiger partial charge in [0.15, 0.2) is 0 Å². The van der Waals surface area contributed by atoms with Crippen LogP contribution in [0.3, 0.4) is 0 Å². The maximum absolute atomic E-state index is 4.70. The third-order valence-electron chi connectivity index (χ3n) is 2.93. The summed E-state index contributed by atoms with van der Waals surface area (Å²) >= 11 is 0. The van der Waals surface area contributed by atoms with Gasteiger partial charge in [0.2, 0.25) is 0 Å². The molecule has 0 aliphatic heterocycles. The van der Waals surface area contributed by atoms with Gasteiger partial charge in [0.1, 0.15) is 0 Å². The highest BCUT2D eigenvalue weighted by Crippen LogP contribution is 2.23. The normalized spacial score (nSPS) is 10.9. The first-order valence-corrected chi connectivity index (χ1v) is 7.02. The zero-order valence-electron chi connectivity index (χ0n) is 13.3. The Kier molecular flexibility index (Phi) is 4.93. The molecule has 1 aromatic heterocycles. The number of nitrogens with zero attached hydrogens (tertiary/aromatic N) is 2. The standard InChI is InChI=1S/C15H20N2.C2H6/c1-11-6-8-13(9-7-11)17-12(2)10-14(16-17)15(3,4)5;1-2/h6-10H,1-5H3;1-2H3. The Morgan fingerprint density at radius 3 is 1.89 bits per heavy atom. The lowest BCUT2D eigenvalue weighted by molar-refractivity contribution is 0.560. The molecule has 0 radical (unpaired) electrons. The van der Waals surface area contributed by atoms with Crippen molar-refractivity contribution >= 4 is 0 Å². The van der Waals surface area contributed by atoms with Crippen LogP contribution in [-0.4, -0.2) is 9.78 Å². The number of aryl methyl sites for hydroxylation is 2. The fraction of sp³-hybridized carbons (Fsp3) is 0.471. The third-order valence-corrected chi connectivity index (χ3v) is 2.93. The summed E-state index contributed by atoms with van der Waals surface area (Å²) in [7, 11) is 0. The van der Waals surface area contributed by atoms with Gasteiger partial charge in [-0.1, -0.05) is 52.3 Å². The Morgan fingerprint density at radius 2 is 1.47 bits per heavy atom. The quantitative estimate of drug-likeness (QED) is 0.717. The smallest absolute Gasteiger partial charge is 0.0685 e. The van der Waals surface area contributed by atoms with E-state index in [1.54, 1.807) is 0 Å². The molecule has 0 aliphatic carbocycles. The van der Waals surface area contributed by atoms with E-state index in [1.165, 1.54) is 11.3 Å². The molecule has 0 saturated heterocycles. The summed E-state index contributed by atoms with van der Waals surface area (Å²) in [6, 6.07) is 10.6. The molecule has 104 valence electrons. The molecule has 2 nitrogen and oxygen atoms in total. The molecule has 0 saturated carbocycles. The summed E-state index contributed by atoms with van der Waals surface area (Å²) in [6.07, 6.45) is 0. The molecule has 0 aliphatic rings. The molecular formula is C17H26N2. The molecule has 0 fully saturated rings. The van der Waals surface area contributed by atoms with Crippen molar-refractivity contribution in [3.8, 4) is 5.69 Å².